The summed E-state index contributed by atoms with van der Waals surface area (Å²) in [6, 6.07) is 29.2. The average molecular weight is 659 g/mol. The Morgan fingerprint density at radius 2 is 1.71 bits per heavy atom. The van der Waals surface area contributed by atoms with Crippen molar-refractivity contribution in [2.24, 2.45) is 5.92 Å². The Hall–Kier alpha value is -5.58. The maximum Gasteiger partial charge on any atom is 0.279 e. The number of hydrogen-bond donors (Lipinski definition) is 2. The van der Waals surface area contributed by atoms with Crippen LogP contribution in [0.25, 0.3) is 16.5 Å². The van der Waals surface area contributed by atoms with Crippen molar-refractivity contribution in [1.82, 2.24) is 14.7 Å². The number of benzene rings is 4. The topological polar surface area (TPSA) is 125 Å². The first-order valence-electron chi connectivity index (χ1n) is 16.1. The number of ether oxygens (including phenoxy) is 1. The van der Waals surface area contributed by atoms with E-state index in [4.69, 9.17) is 4.74 Å². The Kier molecular flexibility index (Phi) is 9.70. The molecule has 0 aliphatic carbocycles. The monoisotopic (exact) mass is 658 g/mol. The van der Waals surface area contributed by atoms with E-state index in [1.54, 1.807) is 71.5 Å². The molecule has 2 N–H and O–H groups in total. The smallest absolute Gasteiger partial charge is 0.279 e. The fourth-order valence-electron chi connectivity index (χ4n) is 6.27. The second kappa shape index (κ2) is 14.3. The number of aromatic nitrogens is 2. The zero-order chi connectivity index (χ0) is 34.5. The maximum atomic E-state index is 14.1. The fourth-order valence-corrected chi connectivity index (χ4v) is 6.27. The molecule has 0 radical (unpaired) electrons. The van der Waals surface area contributed by atoms with E-state index >= 15 is 0 Å². The van der Waals surface area contributed by atoms with E-state index in [-0.39, 0.29) is 37.6 Å². The van der Waals surface area contributed by atoms with Crippen molar-refractivity contribution in [3.63, 3.8) is 0 Å². The van der Waals surface area contributed by atoms with E-state index in [2.05, 4.69) is 5.10 Å². The molecular formula is C39H38N4O6. The van der Waals surface area contributed by atoms with Crippen LogP contribution in [0.15, 0.2) is 120 Å². The van der Waals surface area contributed by atoms with Crippen LogP contribution in [0.4, 0.5) is 5.69 Å². The summed E-state index contributed by atoms with van der Waals surface area (Å²) in [7, 11) is 1.52. The van der Waals surface area contributed by atoms with Gasteiger partial charge in [0.05, 0.1) is 43.2 Å². The van der Waals surface area contributed by atoms with Crippen LogP contribution in [0.5, 0.6) is 5.75 Å². The molecule has 0 unspecified atom stereocenters. The lowest BCUT2D eigenvalue weighted by Gasteiger charge is -2.28. The number of nitrogens with zero attached hydrogens (tertiary/aromatic N) is 4. The van der Waals surface area contributed by atoms with Gasteiger partial charge in [-0.05, 0) is 47.5 Å². The normalized spacial score (nSPS) is 16.2. The molecule has 2 heterocycles. The summed E-state index contributed by atoms with van der Waals surface area (Å²) < 4.78 is 6.78. The first-order valence-corrected chi connectivity index (χ1v) is 16.1. The summed E-state index contributed by atoms with van der Waals surface area (Å²) in [6.45, 7) is 2.31. The van der Waals surface area contributed by atoms with Gasteiger partial charge < -0.3 is 24.7 Å². The number of anilines is 1. The first-order chi connectivity index (χ1) is 23.7. The van der Waals surface area contributed by atoms with Gasteiger partial charge in [-0.3, -0.25) is 14.4 Å². The van der Waals surface area contributed by atoms with Crippen molar-refractivity contribution in [3.05, 3.63) is 142 Å². The van der Waals surface area contributed by atoms with Gasteiger partial charge in [0.15, 0.2) is 5.60 Å². The summed E-state index contributed by atoms with van der Waals surface area (Å²) in [5.41, 5.74) is 1.15. The number of carbonyl (C=O) groups is 2. The standard InChI is InChI=1S/C39H38N4O6/c1-27(9-8-14-36(45)41(21-22-44)25-28-10-4-3-5-11-28)39(48)34-23-32(49-2)19-20-35(34)42(38(39)47)26-29-15-17-31(18-16-29)43-37(46)33-13-7-6-12-30(33)24-40-43/h3-13,15-20,23-24,27,44,48H,14,21-22,25-26H2,1-2H3/b9-8+/t27-,39+/m0/s1. The van der Waals surface area contributed by atoms with Gasteiger partial charge >= 0.3 is 0 Å². The lowest BCUT2D eigenvalue weighted by molar-refractivity contribution is -0.139. The van der Waals surface area contributed by atoms with E-state index in [1.807, 2.05) is 60.7 Å². The Morgan fingerprint density at radius 1 is 0.980 bits per heavy atom. The molecule has 6 rings (SSSR count). The lowest BCUT2D eigenvalue weighted by Crippen LogP contribution is -2.44. The van der Waals surface area contributed by atoms with Gasteiger partial charge in [-0.25, -0.2) is 0 Å². The molecule has 2 atom stereocenters. The number of methoxy groups -OCH3 is 1. The highest BCUT2D eigenvalue weighted by atomic mass is 16.5. The van der Waals surface area contributed by atoms with Crippen LogP contribution >= 0.6 is 0 Å². The molecule has 1 aliphatic heterocycles. The Morgan fingerprint density at radius 3 is 2.45 bits per heavy atom. The molecular weight excluding hydrogens is 620 g/mol. The largest absolute Gasteiger partial charge is 0.497 e. The van der Waals surface area contributed by atoms with E-state index in [0.717, 1.165) is 16.5 Å². The van der Waals surface area contributed by atoms with E-state index < -0.39 is 17.4 Å². The van der Waals surface area contributed by atoms with Crippen molar-refractivity contribution in [3.8, 4) is 11.4 Å². The van der Waals surface area contributed by atoms with Gasteiger partial charge in [-0.2, -0.15) is 9.78 Å². The zero-order valence-electron chi connectivity index (χ0n) is 27.4. The van der Waals surface area contributed by atoms with Crippen LogP contribution in [0.2, 0.25) is 0 Å². The molecule has 1 aliphatic rings. The minimum atomic E-state index is -1.92. The molecule has 0 fully saturated rings. The van der Waals surface area contributed by atoms with Gasteiger partial charge in [-0.1, -0.05) is 79.7 Å². The van der Waals surface area contributed by atoms with Crippen molar-refractivity contribution >= 4 is 28.3 Å². The third-order valence-electron chi connectivity index (χ3n) is 9.01. The van der Waals surface area contributed by atoms with Gasteiger partial charge in [0, 0.05) is 36.4 Å². The molecule has 5 aromatic rings. The maximum absolute atomic E-state index is 14.1. The fraction of sp³-hybridized carbons (Fsp3) is 0.231. The molecule has 0 saturated heterocycles. The molecule has 10 heteroatoms. The molecule has 49 heavy (non-hydrogen) atoms. The average Bonchev–Trinajstić information content (AvgIpc) is 3.34. The van der Waals surface area contributed by atoms with Gasteiger partial charge in [-0.15, -0.1) is 0 Å². The predicted molar refractivity (Wildman–Crippen MR) is 187 cm³/mol. The summed E-state index contributed by atoms with van der Waals surface area (Å²) >= 11 is 0. The molecule has 1 aromatic heterocycles. The highest BCUT2D eigenvalue weighted by Crippen LogP contribution is 2.47. The number of amides is 2. The second-order valence-electron chi connectivity index (χ2n) is 12.1. The molecule has 2 amide bonds. The zero-order valence-corrected chi connectivity index (χ0v) is 27.4. The Balaban J connectivity index is 1.21. The summed E-state index contributed by atoms with van der Waals surface area (Å²) in [5.74, 6) is -0.880. The molecule has 4 aromatic carbocycles. The van der Waals surface area contributed by atoms with Crippen LogP contribution in [0.3, 0.4) is 0 Å². The van der Waals surface area contributed by atoms with Crippen LogP contribution < -0.4 is 15.2 Å². The summed E-state index contributed by atoms with van der Waals surface area (Å²) in [6.07, 6.45) is 5.04. The molecule has 250 valence electrons. The molecule has 0 saturated carbocycles. The number of carbonyl (C=O) groups excluding carboxylic acids is 2. The highest BCUT2D eigenvalue weighted by molar-refractivity contribution is 6.07. The van der Waals surface area contributed by atoms with Crippen molar-refractivity contribution in [1.29, 1.82) is 0 Å². The van der Waals surface area contributed by atoms with Crippen molar-refractivity contribution in [2.75, 3.05) is 25.2 Å². The van der Waals surface area contributed by atoms with E-state index in [0.29, 0.717) is 34.6 Å². The minimum absolute atomic E-state index is 0.0393. The Labute approximate surface area is 284 Å². The Bertz CT molecular complexity index is 2060. The van der Waals surface area contributed by atoms with E-state index in [1.165, 1.54) is 11.8 Å². The predicted octanol–water partition coefficient (Wildman–Crippen LogP) is 4.73. The second-order valence-corrected chi connectivity index (χ2v) is 12.1. The third-order valence-corrected chi connectivity index (χ3v) is 9.01. The summed E-state index contributed by atoms with van der Waals surface area (Å²) in [5, 5.41) is 27.3. The number of aliphatic hydroxyl groups excluding tert-OH is 1. The quantitative estimate of drug-likeness (QED) is 0.186. The number of aliphatic hydroxyl groups is 2. The van der Waals surface area contributed by atoms with Crippen LogP contribution in [-0.2, 0) is 28.3 Å². The van der Waals surface area contributed by atoms with Gasteiger partial charge in [0.2, 0.25) is 5.91 Å². The van der Waals surface area contributed by atoms with Crippen molar-refractivity contribution in [2.45, 2.75) is 32.0 Å². The van der Waals surface area contributed by atoms with Crippen LogP contribution in [-0.4, -0.2) is 57.0 Å². The van der Waals surface area contributed by atoms with Gasteiger partial charge in [0.25, 0.3) is 11.5 Å². The SMILES string of the molecule is COc1ccc2c(c1)[C@](O)([C@@H](C)/C=C/CC(=O)N(CCO)Cc1ccccc1)C(=O)N2Cc1ccc(-n2ncc3ccccc3c2=O)cc1. The number of fused-ring (bicyclic) bond motifs is 2. The van der Waals surface area contributed by atoms with Gasteiger partial charge in [0.1, 0.15) is 5.75 Å². The van der Waals surface area contributed by atoms with Crippen LogP contribution in [0, 0.1) is 5.92 Å². The first kappa shape index (κ1) is 33.3. The molecule has 10 nitrogen and oxygen atoms in total. The third kappa shape index (κ3) is 6.61. The number of rotatable bonds is 12. The highest BCUT2D eigenvalue weighted by Gasteiger charge is 2.52. The summed E-state index contributed by atoms with van der Waals surface area (Å²) in [4.78, 5) is 43.4. The number of hydrogen-bond acceptors (Lipinski definition) is 7. The molecule has 0 bridgehead atoms. The molecule has 0 spiro atoms. The minimum Gasteiger partial charge on any atom is -0.497 e. The van der Waals surface area contributed by atoms with E-state index in [9.17, 15) is 24.6 Å². The lowest BCUT2D eigenvalue weighted by atomic mass is 9.83. The van der Waals surface area contributed by atoms with Crippen molar-refractivity contribution < 1.29 is 24.5 Å². The van der Waals surface area contributed by atoms with Crippen LogP contribution in [0.1, 0.15) is 30.0 Å².